The van der Waals surface area contributed by atoms with Crippen molar-refractivity contribution in [3.8, 4) is 17.2 Å². The van der Waals surface area contributed by atoms with E-state index in [1.807, 2.05) is 54.6 Å². The van der Waals surface area contributed by atoms with Crippen LogP contribution in [0.1, 0.15) is 18.1 Å². The first-order chi connectivity index (χ1) is 14.5. The molecule has 0 fully saturated rings. The average molecular weight is 426 g/mol. The van der Waals surface area contributed by atoms with Crippen LogP contribution in [0.25, 0.3) is 0 Å². The highest BCUT2D eigenvalue weighted by molar-refractivity contribution is 6.30. The van der Waals surface area contributed by atoms with E-state index in [1.165, 1.54) is 0 Å². The number of hydrogen-bond donors (Lipinski definition) is 1. The topological polar surface area (TPSA) is 59.0 Å². The summed E-state index contributed by atoms with van der Waals surface area (Å²) in [6.07, 6.45) is 0.434. The molecule has 0 aliphatic heterocycles. The summed E-state index contributed by atoms with van der Waals surface area (Å²) in [6.45, 7) is 0.582. The number of carboxylic acid groups (broad SMARTS) is 1. The normalized spacial score (nSPS) is 11.8. The fourth-order valence-electron chi connectivity index (χ4n) is 3.02. The van der Waals surface area contributed by atoms with Gasteiger partial charge < -0.3 is 14.6 Å². The summed E-state index contributed by atoms with van der Waals surface area (Å²) in [5.74, 6) is 1.18. The molecular formula is C24H24ClNO4. The molecule has 6 heteroatoms. The molecule has 0 aromatic heterocycles. The molecule has 0 heterocycles. The minimum Gasteiger partial charge on any atom is -0.486 e. The first-order valence-electron chi connectivity index (χ1n) is 9.65. The zero-order valence-corrected chi connectivity index (χ0v) is 17.5. The Hall–Kier alpha value is -3.02. The molecule has 1 N–H and O–H groups in total. The predicted octanol–water partition coefficient (Wildman–Crippen LogP) is 5.66. The van der Waals surface area contributed by atoms with Crippen LogP contribution in [0, 0.1) is 0 Å². The van der Waals surface area contributed by atoms with E-state index in [0.29, 0.717) is 35.2 Å². The van der Waals surface area contributed by atoms with E-state index in [9.17, 15) is 4.79 Å². The Balaban J connectivity index is 1.71. The molecular weight excluding hydrogens is 402 g/mol. The maximum Gasteiger partial charge on any atom is 0.317 e. The van der Waals surface area contributed by atoms with Crippen LogP contribution >= 0.6 is 11.6 Å². The zero-order chi connectivity index (χ0) is 21.3. The van der Waals surface area contributed by atoms with Gasteiger partial charge >= 0.3 is 5.97 Å². The van der Waals surface area contributed by atoms with E-state index >= 15 is 0 Å². The molecule has 0 aliphatic rings. The lowest BCUT2D eigenvalue weighted by atomic mass is 10.1. The number of carbonyl (C=O) groups is 1. The molecule has 1 unspecified atom stereocenters. The number of aliphatic carboxylic acids is 1. The average Bonchev–Trinajstić information content (AvgIpc) is 2.73. The quantitative estimate of drug-likeness (QED) is 0.454. The van der Waals surface area contributed by atoms with Gasteiger partial charge in [0.1, 0.15) is 23.4 Å². The van der Waals surface area contributed by atoms with E-state index in [-0.39, 0.29) is 12.6 Å². The third kappa shape index (κ3) is 6.79. The van der Waals surface area contributed by atoms with E-state index in [4.69, 9.17) is 26.2 Å². The van der Waals surface area contributed by atoms with Crippen LogP contribution in [0.3, 0.4) is 0 Å². The smallest absolute Gasteiger partial charge is 0.317 e. The van der Waals surface area contributed by atoms with Crippen molar-refractivity contribution in [1.29, 1.82) is 0 Å². The number of ether oxygens (including phenoxy) is 2. The third-order valence-electron chi connectivity index (χ3n) is 4.48. The summed E-state index contributed by atoms with van der Waals surface area (Å²) in [6, 6.07) is 24.5. The van der Waals surface area contributed by atoms with E-state index in [0.717, 1.165) is 5.56 Å². The summed E-state index contributed by atoms with van der Waals surface area (Å²) >= 11 is 5.92. The van der Waals surface area contributed by atoms with Crippen LogP contribution in [-0.2, 0) is 4.79 Å². The highest BCUT2D eigenvalue weighted by Gasteiger charge is 2.16. The van der Waals surface area contributed by atoms with E-state index in [1.54, 1.807) is 36.2 Å². The van der Waals surface area contributed by atoms with E-state index < -0.39 is 5.97 Å². The van der Waals surface area contributed by atoms with Crippen LogP contribution in [-0.4, -0.2) is 36.1 Å². The maximum absolute atomic E-state index is 10.9. The molecule has 0 radical (unpaired) electrons. The standard InChI is InChI=1S/C24H24ClNO4/c1-26(17-24(27)28)15-14-23(18-6-3-2-4-7-18)30-22-9-5-8-21(16-22)29-20-12-10-19(25)11-13-20/h2-13,16,23H,14-15,17H2,1H3,(H,27,28). The number of hydrogen-bond acceptors (Lipinski definition) is 4. The molecule has 0 spiro atoms. The second kappa shape index (κ2) is 10.7. The lowest BCUT2D eigenvalue weighted by molar-refractivity contribution is -0.138. The van der Waals surface area contributed by atoms with Crippen LogP contribution in [0.2, 0.25) is 5.02 Å². The van der Waals surface area contributed by atoms with Crippen molar-refractivity contribution in [1.82, 2.24) is 4.90 Å². The largest absolute Gasteiger partial charge is 0.486 e. The van der Waals surface area contributed by atoms with Gasteiger partial charge in [-0.1, -0.05) is 48.0 Å². The summed E-state index contributed by atoms with van der Waals surface area (Å²) in [4.78, 5) is 12.7. The summed E-state index contributed by atoms with van der Waals surface area (Å²) in [5, 5.41) is 9.62. The molecule has 156 valence electrons. The molecule has 0 aliphatic carbocycles. The zero-order valence-electron chi connectivity index (χ0n) is 16.7. The van der Waals surface area contributed by atoms with Gasteiger partial charge in [0, 0.05) is 24.1 Å². The lowest BCUT2D eigenvalue weighted by Crippen LogP contribution is -2.28. The molecule has 0 bridgehead atoms. The number of halogens is 1. The highest BCUT2D eigenvalue weighted by Crippen LogP contribution is 2.30. The first-order valence-corrected chi connectivity index (χ1v) is 10.0. The van der Waals surface area contributed by atoms with E-state index in [2.05, 4.69) is 0 Å². The van der Waals surface area contributed by atoms with Crippen LogP contribution in [0.15, 0.2) is 78.9 Å². The molecule has 3 aromatic rings. The van der Waals surface area contributed by atoms with Gasteiger partial charge in [-0.2, -0.15) is 0 Å². The van der Waals surface area contributed by atoms with Gasteiger partial charge in [-0.25, -0.2) is 0 Å². The molecule has 30 heavy (non-hydrogen) atoms. The number of nitrogens with zero attached hydrogens (tertiary/aromatic N) is 1. The molecule has 0 saturated heterocycles. The summed E-state index contributed by atoms with van der Waals surface area (Å²) in [5.41, 5.74) is 1.03. The second-order valence-corrected chi connectivity index (χ2v) is 7.40. The fourth-order valence-corrected chi connectivity index (χ4v) is 3.15. The Bertz CT molecular complexity index is 947. The molecule has 3 aromatic carbocycles. The molecule has 1 atom stereocenters. The van der Waals surface area contributed by atoms with Crippen molar-refractivity contribution < 1.29 is 19.4 Å². The fraction of sp³-hybridized carbons (Fsp3) is 0.208. The van der Waals surface area contributed by atoms with Gasteiger partial charge in [-0.15, -0.1) is 0 Å². The number of rotatable bonds is 10. The number of likely N-dealkylation sites (N-methyl/N-ethyl adjacent to an activating group) is 1. The van der Waals surface area contributed by atoms with Crippen LogP contribution in [0.5, 0.6) is 17.2 Å². The van der Waals surface area contributed by atoms with Crippen molar-refractivity contribution in [2.24, 2.45) is 0 Å². The van der Waals surface area contributed by atoms with Gasteiger partial charge in [-0.05, 0) is 49.0 Å². The minimum absolute atomic E-state index is 0.00801. The van der Waals surface area contributed by atoms with Crippen molar-refractivity contribution in [2.75, 3.05) is 20.1 Å². The second-order valence-electron chi connectivity index (χ2n) is 6.97. The Morgan fingerprint density at radius 1 is 0.967 bits per heavy atom. The van der Waals surface area contributed by atoms with Crippen molar-refractivity contribution in [3.05, 3.63) is 89.4 Å². The van der Waals surface area contributed by atoms with Crippen molar-refractivity contribution in [3.63, 3.8) is 0 Å². The Morgan fingerprint density at radius 3 is 2.37 bits per heavy atom. The SMILES string of the molecule is CN(CCC(Oc1cccc(Oc2ccc(Cl)cc2)c1)c1ccccc1)CC(=O)O. The van der Waals surface area contributed by atoms with Gasteiger partial charge in [-0.3, -0.25) is 9.69 Å². The summed E-state index contributed by atoms with van der Waals surface area (Å²) in [7, 11) is 1.79. The van der Waals surface area contributed by atoms with Gasteiger partial charge in [0.05, 0.1) is 6.54 Å². The first kappa shape index (κ1) is 21.7. The third-order valence-corrected chi connectivity index (χ3v) is 4.73. The van der Waals surface area contributed by atoms with Crippen molar-refractivity contribution in [2.45, 2.75) is 12.5 Å². The van der Waals surface area contributed by atoms with Gasteiger partial charge in [0.15, 0.2) is 0 Å². The van der Waals surface area contributed by atoms with Gasteiger partial charge in [0.25, 0.3) is 0 Å². The number of benzene rings is 3. The van der Waals surface area contributed by atoms with Crippen molar-refractivity contribution >= 4 is 17.6 Å². The lowest BCUT2D eigenvalue weighted by Gasteiger charge is -2.23. The molecule has 0 amide bonds. The van der Waals surface area contributed by atoms with Crippen LogP contribution < -0.4 is 9.47 Å². The van der Waals surface area contributed by atoms with Crippen LogP contribution in [0.4, 0.5) is 0 Å². The summed E-state index contributed by atoms with van der Waals surface area (Å²) < 4.78 is 12.2. The Morgan fingerprint density at radius 2 is 1.67 bits per heavy atom. The minimum atomic E-state index is -0.846. The molecule has 0 saturated carbocycles. The monoisotopic (exact) mass is 425 g/mol. The number of carboxylic acids is 1. The van der Waals surface area contributed by atoms with Gasteiger partial charge in [0.2, 0.25) is 0 Å². The Kier molecular flexibility index (Phi) is 7.71. The highest BCUT2D eigenvalue weighted by atomic mass is 35.5. The molecule has 5 nitrogen and oxygen atoms in total. The maximum atomic E-state index is 10.9. The predicted molar refractivity (Wildman–Crippen MR) is 118 cm³/mol. The Labute approximate surface area is 181 Å². The molecule has 3 rings (SSSR count).